The molecule has 0 aliphatic rings. The lowest BCUT2D eigenvalue weighted by molar-refractivity contribution is 0.0594. The molecule has 27 heavy (non-hydrogen) atoms. The smallest absolute Gasteiger partial charge is 0.360 e. The van der Waals surface area contributed by atoms with Gasteiger partial charge in [0.1, 0.15) is 6.26 Å². The third-order valence-corrected chi connectivity index (χ3v) is 4.09. The second kappa shape index (κ2) is 9.72. The summed E-state index contributed by atoms with van der Waals surface area (Å²) in [6, 6.07) is 5.44. The van der Waals surface area contributed by atoms with Gasteiger partial charge in [0.15, 0.2) is 5.69 Å². The number of aryl methyl sites for hydroxylation is 2. The van der Waals surface area contributed by atoms with E-state index in [4.69, 9.17) is 9.15 Å². The van der Waals surface area contributed by atoms with Gasteiger partial charge in [0, 0.05) is 25.9 Å². The van der Waals surface area contributed by atoms with Crippen LogP contribution in [0.5, 0.6) is 0 Å². The molecule has 0 aliphatic heterocycles. The first-order valence-corrected chi connectivity index (χ1v) is 8.59. The Morgan fingerprint density at radius 2 is 2.00 bits per heavy atom. The summed E-state index contributed by atoms with van der Waals surface area (Å²) >= 11 is 0. The van der Waals surface area contributed by atoms with Crippen LogP contribution < -0.4 is 5.32 Å². The summed E-state index contributed by atoms with van der Waals surface area (Å²) in [7, 11) is 2.88. The number of benzene rings is 1. The highest BCUT2D eigenvalue weighted by Gasteiger charge is 2.19. The Bertz CT molecular complexity index is 787. The Balaban J connectivity index is 2.09. The predicted molar refractivity (Wildman–Crippen MR) is 99.7 cm³/mol. The topological polar surface area (TPSA) is 93.9 Å². The molecule has 0 bridgehead atoms. The van der Waals surface area contributed by atoms with Gasteiger partial charge in [-0.2, -0.15) is 0 Å². The van der Waals surface area contributed by atoms with Crippen LogP contribution in [0.3, 0.4) is 0 Å². The SMILES string of the molecule is COCCCN(Cc1nc(C(=O)OC)co1)C(=O)Nc1ccc(C)c(C)c1. The van der Waals surface area contributed by atoms with Crippen LogP contribution in [0, 0.1) is 13.8 Å². The van der Waals surface area contributed by atoms with Crippen LogP contribution in [0.2, 0.25) is 0 Å². The summed E-state index contributed by atoms with van der Waals surface area (Å²) in [4.78, 5) is 29.8. The van der Waals surface area contributed by atoms with Crippen molar-refractivity contribution in [1.29, 1.82) is 0 Å². The first kappa shape index (κ1) is 20.4. The van der Waals surface area contributed by atoms with Gasteiger partial charge in [0.25, 0.3) is 0 Å². The van der Waals surface area contributed by atoms with Crippen molar-refractivity contribution in [3.8, 4) is 0 Å². The van der Waals surface area contributed by atoms with Crippen molar-refractivity contribution < 1.29 is 23.5 Å². The molecule has 8 nitrogen and oxygen atoms in total. The minimum atomic E-state index is -0.587. The van der Waals surface area contributed by atoms with Crippen molar-refractivity contribution in [3.05, 3.63) is 47.2 Å². The molecule has 0 fully saturated rings. The average molecular weight is 375 g/mol. The third-order valence-electron chi connectivity index (χ3n) is 4.09. The summed E-state index contributed by atoms with van der Waals surface area (Å²) in [6.07, 6.45) is 1.87. The van der Waals surface area contributed by atoms with E-state index in [0.29, 0.717) is 25.3 Å². The molecule has 1 aromatic carbocycles. The highest BCUT2D eigenvalue weighted by molar-refractivity contribution is 5.89. The zero-order valence-corrected chi connectivity index (χ0v) is 16.1. The maximum atomic E-state index is 12.7. The standard InChI is InChI=1S/C19H25N3O5/c1-13-6-7-15(10-14(13)2)20-19(24)22(8-5-9-25-3)11-17-21-16(12-27-17)18(23)26-4/h6-7,10,12H,5,8-9,11H2,1-4H3,(H,20,24). The largest absolute Gasteiger partial charge is 0.464 e. The fourth-order valence-electron chi connectivity index (χ4n) is 2.42. The van der Waals surface area contributed by atoms with Gasteiger partial charge in [-0.25, -0.2) is 14.6 Å². The van der Waals surface area contributed by atoms with Crippen LogP contribution in [0.25, 0.3) is 0 Å². The Morgan fingerprint density at radius 3 is 2.67 bits per heavy atom. The Kier molecular flexibility index (Phi) is 7.36. The third kappa shape index (κ3) is 5.82. The normalized spacial score (nSPS) is 10.5. The molecule has 0 unspecified atom stereocenters. The molecule has 2 amide bonds. The fraction of sp³-hybridized carbons (Fsp3) is 0.421. The zero-order chi connectivity index (χ0) is 19.8. The van der Waals surface area contributed by atoms with E-state index in [1.165, 1.54) is 13.4 Å². The van der Waals surface area contributed by atoms with E-state index >= 15 is 0 Å². The van der Waals surface area contributed by atoms with Crippen molar-refractivity contribution in [2.24, 2.45) is 0 Å². The maximum absolute atomic E-state index is 12.7. The van der Waals surface area contributed by atoms with Gasteiger partial charge in [-0.15, -0.1) is 0 Å². The molecule has 2 rings (SSSR count). The van der Waals surface area contributed by atoms with E-state index in [1.807, 2.05) is 32.0 Å². The number of methoxy groups -OCH3 is 2. The molecule has 0 atom stereocenters. The van der Waals surface area contributed by atoms with E-state index in [1.54, 1.807) is 12.0 Å². The Hall–Kier alpha value is -2.87. The van der Waals surface area contributed by atoms with Crippen LogP contribution in [-0.4, -0.2) is 49.3 Å². The molecular formula is C19H25N3O5. The number of hydrogen-bond donors (Lipinski definition) is 1. The number of aromatic nitrogens is 1. The number of nitrogens with one attached hydrogen (secondary N) is 1. The number of hydrogen-bond acceptors (Lipinski definition) is 6. The highest BCUT2D eigenvalue weighted by atomic mass is 16.5. The highest BCUT2D eigenvalue weighted by Crippen LogP contribution is 2.16. The number of carbonyl (C=O) groups is 2. The van der Waals surface area contributed by atoms with Crippen molar-refractivity contribution in [1.82, 2.24) is 9.88 Å². The van der Waals surface area contributed by atoms with Gasteiger partial charge in [-0.05, 0) is 43.5 Å². The summed E-state index contributed by atoms with van der Waals surface area (Å²) < 4.78 is 15.0. The fourth-order valence-corrected chi connectivity index (χ4v) is 2.42. The number of nitrogens with zero attached hydrogens (tertiary/aromatic N) is 2. The number of amides is 2. The first-order chi connectivity index (χ1) is 12.9. The van der Waals surface area contributed by atoms with Crippen LogP contribution in [0.1, 0.15) is 33.9 Å². The van der Waals surface area contributed by atoms with Crippen LogP contribution in [0.4, 0.5) is 10.5 Å². The molecule has 1 heterocycles. The Labute approximate surface area is 158 Å². The Morgan fingerprint density at radius 1 is 1.22 bits per heavy atom. The van der Waals surface area contributed by atoms with Crippen molar-refractivity contribution in [2.45, 2.75) is 26.8 Å². The summed E-state index contributed by atoms with van der Waals surface area (Å²) in [6.45, 7) is 5.09. The molecule has 0 aliphatic carbocycles. The molecule has 0 saturated heterocycles. The number of urea groups is 1. The van der Waals surface area contributed by atoms with Gasteiger partial charge in [-0.1, -0.05) is 6.07 Å². The molecule has 0 saturated carbocycles. The quantitative estimate of drug-likeness (QED) is 0.563. The lowest BCUT2D eigenvalue weighted by Gasteiger charge is -2.22. The molecule has 0 spiro atoms. The van der Waals surface area contributed by atoms with E-state index in [-0.39, 0.29) is 24.2 Å². The molecule has 1 aromatic heterocycles. The van der Waals surface area contributed by atoms with Crippen LogP contribution >= 0.6 is 0 Å². The molecule has 8 heteroatoms. The maximum Gasteiger partial charge on any atom is 0.360 e. The summed E-state index contributed by atoms with van der Waals surface area (Å²) in [5, 5.41) is 2.88. The minimum Gasteiger partial charge on any atom is -0.464 e. The summed E-state index contributed by atoms with van der Waals surface area (Å²) in [5.74, 6) is -0.335. The second-order valence-corrected chi connectivity index (χ2v) is 6.12. The van der Waals surface area contributed by atoms with E-state index in [0.717, 1.165) is 11.1 Å². The monoisotopic (exact) mass is 375 g/mol. The minimum absolute atomic E-state index is 0.0684. The number of ether oxygens (including phenoxy) is 2. The lowest BCUT2D eigenvalue weighted by Crippen LogP contribution is -2.35. The molecule has 146 valence electrons. The van der Waals surface area contributed by atoms with Crippen LogP contribution in [-0.2, 0) is 16.0 Å². The van der Waals surface area contributed by atoms with Crippen molar-refractivity contribution in [3.63, 3.8) is 0 Å². The van der Waals surface area contributed by atoms with Crippen molar-refractivity contribution in [2.75, 3.05) is 32.7 Å². The molecule has 1 N–H and O–H groups in total. The van der Waals surface area contributed by atoms with Crippen LogP contribution in [0.15, 0.2) is 28.9 Å². The van der Waals surface area contributed by atoms with Crippen molar-refractivity contribution >= 4 is 17.7 Å². The number of anilines is 1. The predicted octanol–water partition coefficient (Wildman–Crippen LogP) is 3.15. The number of rotatable bonds is 8. The molecule has 2 aromatic rings. The summed E-state index contributed by atoms with van der Waals surface area (Å²) in [5.41, 5.74) is 3.02. The molecule has 0 radical (unpaired) electrons. The first-order valence-electron chi connectivity index (χ1n) is 8.59. The van der Waals surface area contributed by atoms with Gasteiger partial charge in [-0.3, -0.25) is 0 Å². The zero-order valence-electron chi connectivity index (χ0n) is 16.1. The second-order valence-electron chi connectivity index (χ2n) is 6.12. The van der Waals surface area contributed by atoms with E-state index in [9.17, 15) is 9.59 Å². The van der Waals surface area contributed by atoms with E-state index in [2.05, 4.69) is 15.0 Å². The van der Waals surface area contributed by atoms with Gasteiger partial charge < -0.3 is 24.1 Å². The average Bonchev–Trinajstić information content (AvgIpc) is 3.12. The number of oxazole rings is 1. The van der Waals surface area contributed by atoms with E-state index < -0.39 is 5.97 Å². The number of carbonyl (C=O) groups excluding carboxylic acids is 2. The lowest BCUT2D eigenvalue weighted by atomic mass is 10.1. The molecular weight excluding hydrogens is 350 g/mol. The van der Waals surface area contributed by atoms with Gasteiger partial charge >= 0.3 is 12.0 Å². The van der Waals surface area contributed by atoms with Gasteiger partial charge in [0.2, 0.25) is 5.89 Å². The number of esters is 1. The van der Waals surface area contributed by atoms with Gasteiger partial charge in [0.05, 0.1) is 13.7 Å².